The maximum Gasteiger partial charge on any atom is 0.433 e. The molecule has 0 aliphatic heterocycles. The van der Waals surface area contributed by atoms with Crippen molar-refractivity contribution in [3.05, 3.63) is 53.9 Å². The van der Waals surface area contributed by atoms with Gasteiger partial charge in [-0.15, -0.1) is 0 Å². The molecule has 0 aliphatic carbocycles. The first-order chi connectivity index (χ1) is 11.1. The highest BCUT2D eigenvalue weighted by atomic mass is 32.2. The van der Waals surface area contributed by atoms with E-state index < -0.39 is 11.9 Å². The zero-order valence-corrected chi connectivity index (χ0v) is 14.2. The SMILES string of the molecule is CC(C)(C)c1cc2nc(C(F)(F)F)cc(Sc3ccccc3)n2n1. The van der Waals surface area contributed by atoms with Crippen LogP contribution in [-0.2, 0) is 11.6 Å². The Labute approximate surface area is 141 Å². The second kappa shape index (κ2) is 5.81. The zero-order chi connectivity index (χ0) is 17.5. The summed E-state index contributed by atoms with van der Waals surface area (Å²) in [6.45, 7) is 5.89. The fourth-order valence-corrected chi connectivity index (χ4v) is 3.07. The fourth-order valence-electron chi connectivity index (χ4n) is 2.14. The van der Waals surface area contributed by atoms with E-state index in [9.17, 15) is 13.2 Å². The van der Waals surface area contributed by atoms with E-state index in [0.29, 0.717) is 10.7 Å². The molecule has 3 nitrogen and oxygen atoms in total. The van der Waals surface area contributed by atoms with Gasteiger partial charge in [0.1, 0.15) is 10.7 Å². The van der Waals surface area contributed by atoms with Crippen molar-refractivity contribution in [2.45, 2.75) is 42.3 Å². The first-order valence-corrected chi connectivity index (χ1v) is 8.18. The van der Waals surface area contributed by atoms with Crippen molar-refractivity contribution in [3.63, 3.8) is 0 Å². The molecule has 0 saturated heterocycles. The minimum Gasteiger partial charge on any atom is -0.224 e. The number of nitrogens with zero attached hydrogens (tertiary/aromatic N) is 3. The van der Waals surface area contributed by atoms with Crippen molar-refractivity contribution in [3.8, 4) is 0 Å². The number of halogens is 3. The summed E-state index contributed by atoms with van der Waals surface area (Å²) in [5.41, 5.74) is -0.285. The van der Waals surface area contributed by atoms with Crippen molar-refractivity contribution in [2.24, 2.45) is 0 Å². The Bertz CT molecular complexity index is 864. The van der Waals surface area contributed by atoms with Crippen LogP contribution in [0.5, 0.6) is 0 Å². The van der Waals surface area contributed by atoms with E-state index in [1.54, 1.807) is 6.07 Å². The number of benzene rings is 1. The van der Waals surface area contributed by atoms with Crippen LogP contribution in [0.15, 0.2) is 52.4 Å². The lowest BCUT2D eigenvalue weighted by Gasteiger charge is -2.13. The average molecular weight is 351 g/mol. The second-order valence-electron chi connectivity index (χ2n) is 6.44. The number of alkyl halides is 3. The van der Waals surface area contributed by atoms with E-state index in [4.69, 9.17) is 0 Å². The quantitative estimate of drug-likeness (QED) is 0.595. The number of aromatic nitrogens is 3. The van der Waals surface area contributed by atoms with E-state index in [-0.39, 0.29) is 11.1 Å². The van der Waals surface area contributed by atoms with Gasteiger partial charge in [-0.25, -0.2) is 9.50 Å². The number of rotatable bonds is 2. The van der Waals surface area contributed by atoms with Crippen molar-refractivity contribution in [1.29, 1.82) is 0 Å². The van der Waals surface area contributed by atoms with Gasteiger partial charge in [0.25, 0.3) is 0 Å². The summed E-state index contributed by atoms with van der Waals surface area (Å²) >= 11 is 1.23. The first kappa shape index (κ1) is 16.8. The third-order valence-corrected chi connectivity index (χ3v) is 4.43. The zero-order valence-electron chi connectivity index (χ0n) is 13.4. The average Bonchev–Trinajstić information content (AvgIpc) is 2.92. The van der Waals surface area contributed by atoms with Crippen molar-refractivity contribution in [2.75, 3.05) is 0 Å². The molecule has 0 fully saturated rings. The minimum atomic E-state index is -4.50. The molecule has 2 heterocycles. The van der Waals surface area contributed by atoms with E-state index >= 15 is 0 Å². The Morgan fingerprint density at radius 1 is 0.958 bits per heavy atom. The molecule has 0 saturated carbocycles. The Hall–Kier alpha value is -2.02. The first-order valence-electron chi connectivity index (χ1n) is 7.36. The summed E-state index contributed by atoms with van der Waals surface area (Å²) < 4.78 is 41.0. The fraction of sp³-hybridized carbons (Fsp3) is 0.294. The Kier molecular flexibility index (Phi) is 4.07. The Morgan fingerprint density at radius 2 is 1.62 bits per heavy atom. The molecular weight excluding hydrogens is 335 g/mol. The molecule has 0 N–H and O–H groups in total. The molecule has 0 unspecified atom stereocenters. The van der Waals surface area contributed by atoms with Gasteiger partial charge in [-0.05, 0) is 12.1 Å². The molecular formula is C17H16F3N3S. The van der Waals surface area contributed by atoms with Crippen LogP contribution in [0.1, 0.15) is 32.2 Å². The Balaban J connectivity index is 2.18. The molecule has 3 rings (SSSR count). The van der Waals surface area contributed by atoms with Gasteiger partial charge in [0.05, 0.1) is 5.69 Å². The molecule has 0 aliphatic rings. The Morgan fingerprint density at radius 3 is 2.21 bits per heavy atom. The predicted molar refractivity (Wildman–Crippen MR) is 87.3 cm³/mol. The van der Waals surface area contributed by atoms with Gasteiger partial charge in [0.2, 0.25) is 0 Å². The van der Waals surface area contributed by atoms with Crippen molar-refractivity contribution >= 4 is 17.4 Å². The lowest BCUT2D eigenvalue weighted by molar-refractivity contribution is -0.141. The van der Waals surface area contributed by atoms with Gasteiger partial charge in [-0.2, -0.15) is 18.3 Å². The van der Waals surface area contributed by atoms with E-state index in [2.05, 4.69) is 10.1 Å². The number of fused-ring (bicyclic) bond motifs is 1. The summed E-state index contributed by atoms with van der Waals surface area (Å²) in [6, 6.07) is 11.9. The smallest absolute Gasteiger partial charge is 0.224 e. The lowest BCUT2D eigenvalue weighted by Crippen LogP contribution is -2.12. The van der Waals surface area contributed by atoms with Gasteiger partial charge in [-0.3, -0.25) is 0 Å². The monoisotopic (exact) mass is 351 g/mol. The van der Waals surface area contributed by atoms with Crippen LogP contribution in [0, 0.1) is 0 Å². The second-order valence-corrected chi connectivity index (χ2v) is 7.54. The summed E-state index contributed by atoms with van der Waals surface area (Å²) in [7, 11) is 0. The highest BCUT2D eigenvalue weighted by Crippen LogP contribution is 2.34. The summed E-state index contributed by atoms with van der Waals surface area (Å²) in [6.07, 6.45) is -4.50. The third-order valence-electron chi connectivity index (χ3n) is 3.42. The molecule has 24 heavy (non-hydrogen) atoms. The van der Waals surface area contributed by atoms with Crippen LogP contribution in [0.4, 0.5) is 13.2 Å². The molecule has 7 heteroatoms. The molecule has 3 aromatic rings. The van der Waals surface area contributed by atoms with E-state index in [0.717, 1.165) is 11.0 Å². The molecule has 1 aromatic carbocycles. The summed E-state index contributed by atoms with van der Waals surface area (Å²) in [5.74, 6) is 0. The van der Waals surface area contributed by atoms with E-state index in [1.165, 1.54) is 16.3 Å². The topological polar surface area (TPSA) is 30.2 Å². The lowest BCUT2D eigenvalue weighted by atomic mass is 9.93. The van der Waals surface area contributed by atoms with Gasteiger partial charge >= 0.3 is 6.18 Å². The molecule has 0 amide bonds. The molecule has 2 aromatic heterocycles. The van der Waals surface area contributed by atoms with E-state index in [1.807, 2.05) is 51.1 Å². The van der Waals surface area contributed by atoms with Gasteiger partial charge in [-0.1, -0.05) is 50.7 Å². The maximum atomic E-state index is 13.2. The highest BCUT2D eigenvalue weighted by Gasteiger charge is 2.34. The van der Waals surface area contributed by atoms with Gasteiger partial charge in [0.15, 0.2) is 5.65 Å². The number of hydrogen-bond donors (Lipinski definition) is 0. The summed E-state index contributed by atoms with van der Waals surface area (Å²) in [4.78, 5) is 4.58. The maximum absolute atomic E-state index is 13.2. The third kappa shape index (κ3) is 3.40. The molecule has 0 radical (unpaired) electrons. The largest absolute Gasteiger partial charge is 0.433 e. The van der Waals surface area contributed by atoms with Gasteiger partial charge < -0.3 is 0 Å². The molecule has 0 bridgehead atoms. The van der Waals surface area contributed by atoms with Crippen LogP contribution in [0.25, 0.3) is 5.65 Å². The van der Waals surface area contributed by atoms with Crippen LogP contribution < -0.4 is 0 Å². The highest BCUT2D eigenvalue weighted by molar-refractivity contribution is 7.99. The number of hydrogen-bond acceptors (Lipinski definition) is 3. The van der Waals surface area contributed by atoms with Crippen LogP contribution in [0.3, 0.4) is 0 Å². The van der Waals surface area contributed by atoms with Crippen molar-refractivity contribution < 1.29 is 13.2 Å². The van der Waals surface area contributed by atoms with Crippen LogP contribution >= 0.6 is 11.8 Å². The molecule has 0 spiro atoms. The predicted octanol–water partition coefficient (Wildman–Crippen LogP) is 5.20. The van der Waals surface area contributed by atoms with Gasteiger partial charge in [0, 0.05) is 22.4 Å². The molecule has 126 valence electrons. The standard InChI is InChI=1S/C17H16F3N3S/c1-16(2,3)12-9-14-21-13(17(18,19)20)10-15(23(14)22-12)24-11-7-5-4-6-8-11/h4-10H,1-3H3. The normalized spacial score (nSPS) is 12.8. The summed E-state index contributed by atoms with van der Waals surface area (Å²) in [5, 5.41) is 4.85. The molecule has 0 atom stereocenters. The van der Waals surface area contributed by atoms with Crippen LogP contribution in [-0.4, -0.2) is 14.6 Å². The van der Waals surface area contributed by atoms with Crippen LogP contribution in [0.2, 0.25) is 0 Å². The van der Waals surface area contributed by atoms with Crippen molar-refractivity contribution in [1.82, 2.24) is 14.6 Å². The minimum absolute atomic E-state index is 0.202.